The Bertz CT molecular complexity index is 845. The van der Waals surface area contributed by atoms with Gasteiger partial charge in [-0.05, 0) is 23.3 Å². The second-order valence-corrected chi connectivity index (χ2v) is 5.71. The first-order valence-electron chi connectivity index (χ1n) is 7.72. The fourth-order valence-corrected chi connectivity index (χ4v) is 2.95. The largest absolute Gasteiger partial charge is 0.379 e. The smallest absolute Gasteiger partial charge is 0.256 e. The highest BCUT2D eigenvalue weighted by molar-refractivity contribution is 6.12. The molecule has 0 saturated carbocycles. The minimum Gasteiger partial charge on any atom is -0.379 e. The molecule has 4 rings (SSSR count). The molecular weight excluding hydrogens is 290 g/mol. The summed E-state index contributed by atoms with van der Waals surface area (Å²) in [7, 11) is 0. The van der Waals surface area contributed by atoms with Crippen LogP contribution in [0.2, 0.25) is 0 Å². The molecule has 5 nitrogen and oxygen atoms in total. The number of amides is 1. The van der Waals surface area contributed by atoms with Gasteiger partial charge < -0.3 is 10.1 Å². The van der Waals surface area contributed by atoms with Gasteiger partial charge in [-0.2, -0.15) is 5.10 Å². The van der Waals surface area contributed by atoms with Crippen LogP contribution in [0.1, 0.15) is 22.8 Å². The normalized spacial score (nSPS) is 17.5. The fourth-order valence-electron chi connectivity index (χ4n) is 2.95. The summed E-state index contributed by atoms with van der Waals surface area (Å²) < 4.78 is 7.24. The molecule has 1 aliphatic heterocycles. The molecule has 0 unspecified atom stereocenters. The number of benzene rings is 2. The summed E-state index contributed by atoms with van der Waals surface area (Å²) in [6.45, 7) is 1.45. The van der Waals surface area contributed by atoms with E-state index in [0.29, 0.717) is 17.9 Å². The molecule has 1 aliphatic rings. The predicted molar refractivity (Wildman–Crippen MR) is 88.6 cm³/mol. The van der Waals surface area contributed by atoms with Crippen LogP contribution in [0.15, 0.2) is 54.9 Å². The topological polar surface area (TPSA) is 56.2 Å². The summed E-state index contributed by atoms with van der Waals surface area (Å²) in [5, 5.41) is 9.26. The van der Waals surface area contributed by atoms with Gasteiger partial charge in [0.2, 0.25) is 0 Å². The van der Waals surface area contributed by atoms with Gasteiger partial charge in [-0.15, -0.1) is 0 Å². The molecule has 0 radical (unpaired) electrons. The van der Waals surface area contributed by atoms with Gasteiger partial charge in [0.25, 0.3) is 5.91 Å². The van der Waals surface area contributed by atoms with E-state index in [1.54, 1.807) is 6.20 Å². The molecule has 1 aromatic heterocycles. The average Bonchev–Trinajstić information content (AvgIpc) is 3.25. The summed E-state index contributed by atoms with van der Waals surface area (Å²) in [6, 6.07) is 13.9. The van der Waals surface area contributed by atoms with E-state index in [-0.39, 0.29) is 11.9 Å². The monoisotopic (exact) mass is 307 g/mol. The molecule has 23 heavy (non-hydrogen) atoms. The maximum absolute atomic E-state index is 12.6. The summed E-state index contributed by atoms with van der Waals surface area (Å²) in [5.41, 5.74) is 1.37. The van der Waals surface area contributed by atoms with Crippen molar-refractivity contribution < 1.29 is 9.53 Å². The molecule has 0 bridgehead atoms. The first-order chi connectivity index (χ1) is 11.3. The van der Waals surface area contributed by atoms with Crippen molar-refractivity contribution in [3.63, 3.8) is 0 Å². The summed E-state index contributed by atoms with van der Waals surface area (Å²) in [6.07, 6.45) is 4.50. The highest BCUT2D eigenvalue weighted by Gasteiger charge is 2.19. The van der Waals surface area contributed by atoms with Crippen LogP contribution in [-0.4, -0.2) is 28.9 Å². The van der Waals surface area contributed by atoms with Crippen molar-refractivity contribution in [1.29, 1.82) is 0 Å². The van der Waals surface area contributed by atoms with Gasteiger partial charge in [-0.3, -0.25) is 9.48 Å². The van der Waals surface area contributed by atoms with Crippen molar-refractivity contribution in [3.8, 4) is 0 Å². The van der Waals surface area contributed by atoms with Crippen LogP contribution in [0.3, 0.4) is 0 Å². The second-order valence-electron chi connectivity index (χ2n) is 5.71. The zero-order valence-corrected chi connectivity index (χ0v) is 12.6. The molecule has 1 N–H and O–H groups in total. The lowest BCUT2D eigenvalue weighted by atomic mass is 10.0. The Morgan fingerprint density at radius 3 is 2.96 bits per heavy atom. The first kappa shape index (κ1) is 14.0. The number of rotatable bonds is 3. The van der Waals surface area contributed by atoms with Crippen molar-refractivity contribution in [2.75, 3.05) is 18.5 Å². The van der Waals surface area contributed by atoms with E-state index < -0.39 is 0 Å². The van der Waals surface area contributed by atoms with Crippen molar-refractivity contribution in [2.24, 2.45) is 0 Å². The molecule has 1 fully saturated rings. The lowest BCUT2D eigenvalue weighted by Gasteiger charge is -2.08. The molecule has 2 aromatic carbocycles. The van der Waals surface area contributed by atoms with E-state index >= 15 is 0 Å². The first-order valence-corrected chi connectivity index (χ1v) is 7.72. The average molecular weight is 307 g/mol. The molecule has 1 atom stereocenters. The van der Waals surface area contributed by atoms with Crippen molar-refractivity contribution >= 4 is 22.4 Å². The van der Waals surface area contributed by atoms with Crippen LogP contribution in [0.25, 0.3) is 10.8 Å². The Balaban J connectivity index is 1.57. The fraction of sp³-hybridized carbons (Fsp3) is 0.222. The van der Waals surface area contributed by atoms with Crippen LogP contribution in [0.4, 0.5) is 5.69 Å². The number of ether oxygens (including phenoxy) is 1. The minimum absolute atomic E-state index is 0.121. The molecule has 1 saturated heterocycles. The lowest BCUT2D eigenvalue weighted by Crippen LogP contribution is -2.12. The molecule has 3 aromatic rings. The molecule has 0 aliphatic carbocycles. The number of hydrogen-bond donors (Lipinski definition) is 1. The van der Waals surface area contributed by atoms with E-state index in [4.69, 9.17) is 4.74 Å². The lowest BCUT2D eigenvalue weighted by molar-refractivity contribution is 0.102. The maximum Gasteiger partial charge on any atom is 0.256 e. The third-order valence-corrected chi connectivity index (χ3v) is 4.17. The van der Waals surface area contributed by atoms with Crippen molar-refractivity contribution in [1.82, 2.24) is 9.78 Å². The van der Waals surface area contributed by atoms with Gasteiger partial charge in [0.1, 0.15) is 0 Å². The van der Waals surface area contributed by atoms with E-state index in [2.05, 4.69) is 10.4 Å². The van der Waals surface area contributed by atoms with Gasteiger partial charge in [-0.25, -0.2) is 0 Å². The van der Waals surface area contributed by atoms with Gasteiger partial charge in [-0.1, -0.05) is 36.4 Å². The maximum atomic E-state index is 12.6. The summed E-state index contributed by atoms with van der Waals surface area (Å²) in [4.78, 5) is 12.6. The standard InChI is InChI=1S/C18H17N3O2/c22-18(17-7-3-5-13-4-1-2-6-16(13)17)20-14-10-19-21(11-14)15-8-9-23-12-15/h1-7,10-11,15H,8-9,12H2,(H,20,22)/t15-/m0/s1. The molecule has 2 heterocycles. The molecule has 116 valence electrons. The van der Waals surface area contributed by atoms with Crippen LogP contribution in [0, 0.1) is 0 Å². The van der Waals surface area contributed by atoms with Gasteiger partial charge >= 0.3 is 0 Å². The zero-order valence-electron chi connectivity index (χ0n) is 12.6. The number of carbonyl (C=O) groups is 1. The van der Waals surface area contributed by atoms with Gasteiger partial charge in [0.15, 0.2) is 0 Å². The summed E-state index contributed by atoms with van der Waals surface area (Å²) in [5.74, 6) is -0.121. The number of aromatic nitrogens is 2. The van der Waals surface area contributed by atoms with Crippen molar-refractivity contribution in [3.05, 3.63) is 60.4 Å². The molecule has 0 spiro atoms. The predicted octanol–water partition coefficient (Wildman–Crippen LogP) is 3.25. The number of anilines is 1. The zero-order chi connectivity index (χ0) is 15.6. The van der Waals surface area contributed by atoms with Crippen LogP contribution in [0.5, 0.6) is 0 Å². The Hall–Kier alpha value is -2.66. The van der Waals surface area contributed by atoms with Crippen LogP contribution < -0.4 is 5.32 Å². The SMILES string of the molecule is O=C(Nc1cnn([C@H]2CCOC2)c1)c1cccc2ccccc12. The number of nitrogens with zero attached hydrogens (tertiary/aromatic N) is 2. The van der Waals surface area contributed by atoms with E-state index in [1.165, 1.54) is 0 Å². The number of nitrogens with one attached hydrogen (secondary N) is 1. The Kier molecular flexibility index (Phi) is 3.55. The third kappa shape index (κ3) is 2.71. The van der Waals surface area contributed by atoms with Crippen LogP contribution in [-0.2, 0) is 4.74 Å². The quantitative estimate of drug-likeness (QED) is 0.808. The minimum atomic E-state index is -0.121. The number of carbonyl (C=O) groups excluding carboxylic acids is 1. The van der Waals surface area contributed by atoms with Crippen molar-refractivity contribution in [2.45, 2.75) is 12.5 Å². The molecule has 5 heteroatoms. The van der Waals surface area contributed by atoms with Gasteiger partial charge in [0, 0.05) is 18.4 Å². The summed E-state index contributed by atoms with van der Waals surface area (Å²) >= 11 is 0. The Morgan fingerprint density at radius 2 is 2.09 bits per heavy atom. The number of fused-ring (bicyclic) bond motifs is 1. The molecule has 1 amide bonds. The van der Waals surface area contributed by atoms with E-state index in [1.807, 2.05) is 53.3 Å². The Morgan fingerprint density at radius 1 is 1.22 bits per heavy atom. The highest BCUT2D eigenvalue weighted by Crippen LogP contribution is 2.22. The Labute approximate surface area is 133 Å². The second kappa shape index (κ2) is 5.85. The van der Waals surface area contributed by atoms with Crippen LogP contribution >= 0.6 is 0 Å². The van der Waals surface area contributed by atoms with E-state index in [0.717, 1.165) is 23.8 Å². The van der Waals surface area contributed by atoms with E-state index in [9.17, 15) is 4.79 Å². The molecular formula is C18H17N3O2. The third-order valence-electron chi connectivity index (χ3n) is 4.17. The number of hydrogen-bond acceptors (Lipinski definition) is 3. The van der Waals surface area contributed by atoms with Gasteiger partial charge in [0.05, 0.1) is 24.5 Å². The highest BCUT2D eigenvalue weighted by atomic mass is 16.5.